The van der Waals surface area contributed by atoms with Crippen molar-refractivity contribution in [3.05, 3.63) is 28.2 Å². The molecule has 1 aromatic rings. The average Bonchev–Trinajstić information content (AvgIpc) is 2.28. The quantitative estimate of drug-likeness (QED) is 0.875. The first-order chi connectivity index (χ1) is 8.04. The molecule has 0 amide bonds. The van der Waals surface area contributed by atoms with Gasteiger partial charge in [-0.1, -0.05) is 6.07 Å². The number of hydrogen-bond donors (Lipinski definition) is 1. The largest absolute Gasteiger partial charge is 0.496 e. The van der Waals surface area contributed by atoms with Crippen LogP contribution in [-0.2, 0) is 10.8 Å². The number of halogens is 1. The maximum absolute atomic E-state index is 10.9. The molecular formula is C12H18BrNO2S. The molecule has 0 spiro atoms. The second-order valence-electron chi connectivity index (χ2n) is 3.85. The van der Waals surface area contributed by atoms with Gasteiger partial charge in [0.25, 0.3) is 0 Å². The highest BCUT2D eigenvalue weighted by Crippen LogP contribution is 2.27. The van der Waals surface area contributed by atoms with Crippen LogP contribution in [0.5, 0.6) is 5.75 Å². The van der Waals surface area contributed by atoms with E-state index in [2.05, 4.69) is 28.2 Å². The van der Waals surface area contributed by atoms with Gasteiger partial charge in [-0.3, -0.25) is 4.21 Å². The number of methoxy groups -OCH3 is 1. The lowest BCUT2D eigenvalue weighted by Crippen LogP contribution is -2.23. The standard InChI is InChI=1S/C12H18BrNO2S/c1-9(14-6-7-17(3)15)10-4-5-12(16-2)11(13)8-10/h4-5,8-9,14H,6-7H2,1-3H3. The first-order valence-electron chi connectivity index (χ1n) is 5.41. The summed E-state index contributed by atoms with van der Waals surface area (Å²) in [6.07, 6.45) is 1.72. The second kappa shape index (κ2) is 7.13. The summed E-state index contributed by atoms with van der Waals surface area (Å²) >= 11 is 3.47. The highest BCUT2D eigenvalue weighted by Gasteiger charge is 2.07. The maximum Gasteiger partial charge on any atom is 0.133 e. The Balaban J connectivity index is 2.59. The third kappa shape index (κ3) is 4.77. The van der Waals surface area contributed by atoms with Crippen molar-refractivity contribution in [2.75, 3.05) is 25.7 Å². The molecule has 5 heteroatoms. The molecule has 0 aromatic heterocycles. The van der Waals surface area contributed by atoms with E-state index in [0.717, 1.165) is 16.8 Å². The number of nitrogens with one attached hydrogen (secondary N) is 1. The van der Waals surface area contributed by atoms with E-state index in [0.29, 0.717) is 5.75 Å². The van der Waals surface area contributed by atoms with Crippen molar-refractivity contribution in [1.29, 1.82) is 0 Å². The number of ether oxygens (including phenoxy) is 1. The van der Waals surface area contributed by atoms with E-state index < -0.39 is 10.8 Å². The Morgan fingerprint density at radius 1 is 1.53 bits per heavy atom. The predicted molar refractivity (Wildman–Crippen MR) is 76.0 cm³/mol. The van der Waals surface area contributed by atoms with Crippen LogP contribution in [0.2, 0.25) is 0 Å². The van der Waals surface area contributed by atoms with Gasteiger partial charge in [-0.2, -0.15) is 0 Å². The zero-order valence-electron chi connectivity index (χ0n) is 10.3. The molecule has 0 saturated heterocycles. The van der Waals surface area contributed by atoms with E-state index in [1.807, 2.05) is 18.2 Å². The number of hydrogen-bond acceptors (Lipinski definition) is 3. The van der Waals surface area contributed by atoms with Gasteiger partial charge in [-0.05, 0) is 40.5 Å². The molecule has 0 radical (unpaired) electrons. The Morgan fingerprint density at radius 3 is 2.76 bits per heavy atom. The van der Waals surface area contributed by atoms with E-state index in [-0.39, 0.29) is 6.04 Å². The summed E-state index contributed by atoms with van der Waals surface area (Å²) in [6, 6.07) is 6.25. The molecule has 2 atom stereocenters. The van der Waals surface area contributed by atoms with Gasteiger partial charge in [-0.15, -0.1) is 0 Å². The van der Waals surface area contributed by atoms with E-state index in [9.17, 15) is 4.21 Å². The van der Waals surface area contributed by atoms with Crippen molar-refractivity contribution >= 4 is 26.7 Å². The Bertz CT molecular complexity index is 398. The zero-order valence-corrected chi connectivity index (χ0v) is 12.7. The molecule has 0 saturated carbocycles. The lowest BCUT2D eigenvalue weighted by Gasteiger charge is -2.15. The van der Waals surface area contributed by atoms with Gasteiger partial charge in [-0.25, -0.2) is 0 Å². The van der Waals surface area contributed by atoms with Gasteiger partial charge >= 0.3 is 0 Å². The van der Waals surface area contributed by atoms with Gasteiger partial charge in [0.15, 0.2) is 0 Å². The fourth-order valence-corrected chi connectivity index (χ4v) is 2.45. The molecule has 0 bridgehead atoms. The first-order valence-corrected chi connectivity index (χ1v) is 7.93. The van der Waals surface area contributed by atoms with Crippen LogP contribution >= 0.6 is 15.9 Å². The van der Waals surface area contributed by atoms with Crippen molar-refractivity contribution < 1.29 is 8.95 Å². The lowest BCUT2D eigenvalue weighted by atomic mass is 10.1. The minimum Gasteiger partial charge on any atom is -0.496 e. The van der Waals surface area contributed by atoms with E-state index in [1.165, 1.54) is 5.56 Å². The highest BCUT2D eigenvalue weighted by atomic mass is 79.9. The van der Waals surface area contributed by atoms with Crippen LogP contribution in [0.4, 0.5) is 0 Å². The van der Waals surface area contributed by atoms with Crippen molar-refractivity contribution in [3.8, 4) is 5.75 Å². The van der Waals surface area contributed by atoms with Crippen LogP contribution in [-0.4, -0.2) is 29.9 Å². The van der Waals surface area contributed by atoms with Crippen LogP contribution in [0.3, 0.4) is 0 Å². The summed E-state index contributed by atoms with van der Waals surface area (Å²) in [4.78, 5) is 0. The summed E-state index contributed by atoms with van der Waals surface area (Å²) in [5, 5.41) is 3.34. The smallest absolute Gasteiger partial charge is 0.133 e. The number of benzene rings is 1. The molecule has 1 aromatic carbocycles. The van der Waals surface area contributed by atoms with E-state index in [1.54, 1.807) is 13.4 Å². The minimum atomic E-state index is -0.740. The molecule has 2 unspecified atom stereocenters. The zero-order chi connectivity index (χ0) is 12.8. The molecule has 1 rings (SSSR count). The molecule has 0 aliphatic carbocycles. The van der Waals surface area contributed by atoms with Crippen LogP contribution in [0.25, 0.3) is 0 Å². The fraction of sp³-hybridized carbons (Fsp3) is 0.500. The highest BCUT2D eigenvalue weighted by molar-refractivity contribution is 9.10. The second-order valence-corrected chi connectivity index (χ2v) is 6.26. The third-order valence-corrected chi connectivity index (χ3v) is 3.91. The Hall–Kier alpha value is -0.390. The Kier molecular flexibility index (Phi) is 6.16. The van der Waals surface area contributed by atoms with Crippen LogP contribution < -0.4 is 10.1 Å². The van der Waals surface area contributed by atoms with Crippen molar-refractivity contribution in [3.63, 3.8) is 0 Å². The minimum absolute atomic E-state index is 0.237. The van der Waals surface area contributed by atoms with Crippen LogP contribution in [0.1, 0.15) is 18.5 Å². The fourth-order valence-electron chi connectivity index (χ4n) is 1.49. The summed E-state index contributed by atoms with van der Waals surface area (Å²) in [5.74, 6) is 1.51. The van der Waals surface area contributed by atoms with Gasteiger partial charge < -0.3 is 10.1 Å². The molecule has 0 aliphatic rings. The molecule has 3 nitrogen and oxygen atoms in total. The molecule has 1 N–H and O–H groups in total. The van der Waals surface area contributed by atoms with E-state index in [4.69, 9.17) is 4.74 Å². The van der Waals surface area contributed by atoms with Crippen molar-refractivity contribution in [2.24, 2.45) is 0 Å². The third-order valence-electron chi connectivity index (χ3n) is 2.52. The maximum atomic E-state index is 10.9. The predicted octanol–water partition coefficient (Wildman–Crippen LogP) is 2.49. The molecule has 17 heavy (non-hydrogen) atoms. The normalized spacial score (nSPS) is 14.4. The molecule has 0 aliphatic heterocycles. The summed E-state index contributed by atoms with van der Waals surface area (Å²) < 4.78 is 17.1. The number of rotatable bonds is 6. The SMILES string of the molecule is COc1ccc(C(C)NCCS(C)=O)cc1Br. The van der Waals surface area contributed by atoms with Crippen molar-refractivity contribution in [1.82, 2.24) is 5.32 Å². The molecule has 0 fully saturated rings. The summed E-state index contributed by atoms with van der Waals surface area (Å²) in [5.41, 5.74) is 1.18. The topological polar surface area (TPSA) is 38.3 Å². The lowest BCUT2D eigenvalue weighted by molar-refractivity contribution is 0.411. The monoisotopic (exact) mass is 319 g/mol. The van der Waals surface area contributed by atoms with Crippen molar-refractivity contribution in [2.45, 2.75) is 13.0 Å². The first kappa shape index (κ1) is 14.7. The van der Waals surface area contributed by atoms with E-state index >= 15 is 0 Å². The van der Waals surface area contributed by atoms with Gasteiger partial charge in [0.05, 0.1) is 11.6 Å². The average molecular weight is 320 g/mol. The Morgan fingerprint density at radius 2 is 2.24 bits per heavy atom. The molecule has 0 heterocycles. The summed E-state index contributed by atoms with van der Waals surface area (Å²) in [6.45, 7) is 2.85. The van der Waals surface area contributed by atoms with Gasteiger partial charge in [0.2, 0.25) is 0 Å². The van der Waals surface area contributed by atoms with Gasteiger partial charge in [0.1, 0.15) is 5.75 Å². The molecule has 96 valence electrons. The van der Waals surface area contributed by atoms with Crippen LogP contribution in [0, 0.1) is 0 Å². The van der Waals surface area contributed by atoms with Gasteiger partial charge in [0, 0.05) is 35.4 Å². The van der Waals surface area contributed by atoms with Crippen LogP contribution in [0.15, 0.2) is 22.7 Å². The molecular weight excluding hydrogens is 302 g/mol. The Labute approximate surface area is 114 Å². The summed E-state index contributed by atoms with van der Waals surface area (Å²) in [7, 11) is 0.911.